The molecule has 14 heavy (non-hydrogen) atoms. The molecule has 1 rings (SSSR count). The molecule has 0 aromatic heterocycles. The highest BCUT2D eigenvalue weighted by atomic mass is 32.2. The summed E-state index contributed by atoms with van der Waals surface area (Å²) in [5.41, 5.74) is 5.88. The molecule has 3 atom stereocenters. The summed E-state index contributed by atoms with van der Waals surface area (Å²) >= 11 is 0. The van der Waals surface area contributed by atoms with E-state index < -0.39 is 9.84 Å². The fourth-order valence-electron chi connectivity index (χ4n) is 2.23. The van der Waals surface area contributed by atoms with Crippen LogP contribution in [0.4, 0.5) is 0 Å². The molecule has 0 saturated heterocycles. The van der Waals surface area contributed by atoms with Gasteiger partial charge in [0.2, 0.25) is 0 Å². The smallest absolute Gasteiger partial charge is 0.154 e. The molecule has 0 bridgehead atoms. The van der Waals surface area contributed by atoms with Crippen LogP contribution in [0, 0.1) is 5.92 Å². The summed E-state index contributed by atoms with van der Waals surface area (Å²) in [7, 11) is -2.94. The van der Waals surface area contributed by atoms with Gasteiger partial charge < -0.3 is 5.73 Å². The molecule has 1 fully saturated rings. The summed E-state index contributed by atoms with van der Waals surface area (Å²) in [5, 5.41) is -0.286. The molecule has 4 heteroatoms. The van der Waals surface area contributed by atoms with Crippen molar-refractivity contribution in [1.29, 1.82) is 0 Å². The van der Waals surface area contributed by atoms with Gasteiger partial charge in [-0.25, -0.2) is 8.42 Å². The number of hydrogen-bond acceptors (Lipinski definition) is 3. The Bertz CT molecular complexity index is 274. The molecular weight excluding hydrogens is 198 g/mol. The zero-order valence-corrected chi connectivity index (χ0v) is 9.89. The van der Waals surface area contributed by atoms with Gasteiger partial charge in [-0.15, -0.1) is 0 Å². The summed E-state index contributed by atoms with van der Waals surface area (Å²) in [6, 6.07) is -0.136. The molecule has 0 amide bonds. The van der Waals surface area contributed by atoms with Gasteiger partial charge in [-0.1, -0.05) is 20.3 Å². The van der Waals surface area contributed by atoms with Crippen molar-refractivity contribution in [3.63, 3.8) is 0 Å². The Labute approximate surface area is 87.0 Å². The third-order valence-corrected chi connectivity index (χ3v) is 5.66. The second-order valence-corrected chi connectivity index (χ2v) is 6.75. The third kappa shape index (κ3) is 2.48. The molecule has 3 unspecified atom stereocenters. The average Bonchev–Trinajstić information content (AvgIpc) is 2.18. The van der Waals surface area contributed by atoms with E-state index in [1.54, 1.807) is 6.92 Å². The van der Waals surface area contributed by atoms with Crippen LogP contribution in [0.5, 0.6) is 0 Å². The van der Waals surface area contributed by atoms with E-state index in [0.29, 0.717) is 5.92 Å². The minimum absolute atomic E-state index is 0.136. The average molecular weight is 219 g/mol. The van der Waals surface area contributed by atoms with Gasteiger partial charge >= 0.3 is 0 Å². The standard InChI is InChI=1S/C10H21NO2S/c1-3-8-5-6-9(11)10(7-8)14(12,13)4-2/h8-10H,3-7,11H2,1-2H3. The molecule has 1 saturated carbocycles. The zero-order valence-electron chi connectivity index (χ0n) is 9.07. The topological polar surface area (TPSA) is 60.2 Å². The van der Waals surface area contributed by atoms with E-state index >= 15 is 0 Å². The predicted octanol–water partition coefficient (Wildman–Crippen LogP) is 1.33. The van der Waals surface area contributed by atoms with Gasteiger partial charge in [0.15, 0.2) is 9.84 Å². The Morgan fingerprint density at radius 3 is 2.43 bits per heavy atom. The Kier molecular flexibility index (Phi) is 3.95. The Morgan fingerprint density at radius 2 is 1.93 bits per heavy atom. The van der Waals surface area contributed by atoms with Crippen molar-refractivity contribution >= 4 is 9.84 Å². The normalized spacial score (nSPS) is 34.4. The van der Waals surface area contributed by atoms with E-state index in [-0.39, 0.29) is 17.0 Å². The Morgan fingerprint density at radius 1 is 1.29 bits per heavy atom. The van der Waals surface area contributed by atoms with E-state index in [0.717, 1.165) is 25.7 Å². The monoisotopic (exact) mass is 219 g/mol. The molecule has 2 N–H and O–H groups in total. The molecule has 0 aliphatic heterocycles. The molecule has 0 aromatic carbocycles. The van der Waals surface area contributed by atoms with E-state index in [4.69, 9.17) is 5.73 Å². The SMILES string of the molecule is CCC1CCC(N)C(S(=O)(=O)CC)C1. The quantitative estimate of drug-likeness (QED) is 0.779. The highest BCUT2D eigenvalue weighted by Gasteiger charge is 2.35. The molecule has 0 spiro atoms. The van der Waals surface area contributed by atoms with E-state index in [1.165, 1.54) is 0 Å². The van der Waals surface area contributed by atoms with Crippen LogP contribution < -0.4 is 5.73 Å². The summed E-state index contributed by atoms with van der Waals surface area (Å²) in [5.74, 6) is 0.781. The van der Waals surface area contributed by atoms with Gasteiger partial charge in [0.25, 0.3) is 0 Å². The summed E-state index contributed by atoms with van der Waals surface area (Å²) in [6.07, 6.45) is 3.80. The summed E-state index contributed by atoms with van der Waals surface area (Å²) in [4.78, 5) is 0. The number of nitrogens with two attached hydrogens (primary N) is 1. The van der Waals surface area contributed by atoms with Crippen LogP contribution in [0.3, 0.4) is 0 Å². The maximum absolute atomic E-state index is 11.7. The van der Waals surface area contributed by atoms with E-state index in [9.17, 15) is 8.42 Å². The van der Waals surface area contributed by atoms with Gasteiger partial charge in [0.05, 0.1) is 5.25 Å². The van der Waals surface area contributed by atoms with Gasteiger partial charge in [-0.2, -0.15) is 0 Å². The van der Waals surface area contributed by atoms with Crippen molar-refractivity contribution in [3.05, 3.63) is 0 Å². The molecule has 1 aliphatic rings. The minimum atomic E-state index is -2.94. The lowest BCUT2D eigenvalue weighted by Crippen LogP contribution is -2.45. The highest BCUT2D eigenvalue weighted by molar-refractivity contribution is 7.92. The van der Waals surface area contributed by atoms with Crippen LogP contribution in [0.2, 0.25) is 0 Å². The molecule has 0 radical (unpaired) electrons. The molecule has 0 heterocycles. The van der Waals surface area contributed by atoms with Crippen molar-refractivity contribution in [3.8, 4) is 0 Å². The number of hydrogen-bond donors (Lipinski definition) is 1. The lowest BCUT2D eigenvalue weighted by atomic mass is 9.84. The first-order valence-corrected chi connectivity index (χ1v) is 7.20. The fraction of sp³-hybridized carbons (Fsp3) is 1.00. The number of sulfone groups is 1. The van der Waals surface area contributed by atoms with Crippen molar-refractivity contribution < 1.29 is 8.42 Å². The number of rotatable bonds is 3. The maximum atomic E-state index is 11.7. The van der Waals surface area contributed by atoms with Crippen molar-refractivity contribution in [1.82, 2.24) is 0 Å². The lowest BCUT2D eigenvalue weighted by Gasteiger charge is -2.33. The first-order chi connectivity index (χ1) is 6.51. The van der Waals surface area contributed by atoms with Gasteiger partial charge in [0, 0.05) is 11.8 Å². The lowest BCUT2D eigenvalue weighted by molar-refractivity contribution is 0.319. The summed E-state index contributed by atoms with van der Waals surface area (Å²) in [6.45, 7) is 3.83. The van der Waals surface area contributed by atoms with Crippen LogP contribution in [0.1, 0.15) is 39.5 Å². The minimum Gasteiger partial charge on any atom is -0.327 e. The van der Waals surface area contributed by atoms with Crippen LogP contribution in [-0.4, -0.2) is 25.5 Å². The summed E-state index contributed by atoms with van der Waals surface area (Å²) < 4.78 is 23.5. The van der Waals surface area contributed by atoms with Crippen LogP contribution >= 0.6 is 0 Å². The Hall–Kier alpha value is -0.0900. The first-order valence-electron chi connectivity index (χ1n) is 5.48. The molecular formula is C10H21NO2S. The zero-order chi connectivity index (χ0) is 10.8. The molecule has 84 valence electrons. The highest BCUT2D eigenvalue weighted by Crippen LogP contribution is 2.30. The molecule has 1 aliphatic carbocycles. The fourth-order valence-corrected chi connectivity index (χ4v) is 3.90. The van der Waals surface area contributed by atoms with Crippen LogP contribution in [-0.2, 0) is 9.84 Å². The Balaban J connectivity index is 2.75. The third-order valence-electron chi connectivity index (χ3n) is 3.39. The van der Waals surface area contributed by atoms with E-state index in [2.05, 4.69) is 6.92 Å². The second kappa shape index (κ2) is 4.62. The van der Waals surface area contributed by atoms with Crippen molar-refractivity contribution in [2.24, 2.45) is 11.7 Å². The molecule has 3 nitrogen and oxygen atoms in total. The van der Waals surface area contributed by atoms with E-state index in [1.807, 2.05) is 0 Å². The van der Waals surface area contributed by atoms with Crippen molar-refractivity contribution in [2.75, 3.05) is 5.75 Å². The first kappa shape index (κ1) is 12.0. The van der Waals surface area contributed by atoms with Crippen LogP contribution in [0.15, 0.2) is 0 Å². The molecule has 0 aromatic rings. The van der Waals surface area contributed by atoms with Crippen LogP contribution in [0.25, 0.3) is 0 Å². The largest absolute Gasteiger partial charge is 0.327 e. The van der Waals surface area contributed by atoms with Gasteiger partial charge in [0.1, 0.15) is 0 Å². The maximum Gasteiger partial charge on any atom is 0.154 e. The van der Waals surface area contributed by atoms with Gasteiger partial charge in [-0.05, 0) is 25.2 Å². The van der Waals surface area contributed by atoms with Crippen molar-refractivity contribution in [2.45, 2.75) is 50.8 Å². The van der Waals surface area contributed by atoms with Gasteiger partial charge in [-0.3, -0.25) is 0 Å². The second-order valence-electron chi connectivity index (χ2n) is 4.24. The predicted molar refractivity (Wildman–Crippen MR) is 58.9 cm³/mol.